The molecular formula is C14H21N3O2. The maximum Gasteiger partial charge on any atom is 0.238 e. The number of carbonyl (C=O) groups is 2. The Morgan fingerprint density at radius 3 is 2.79 bits per heavy atom. The van der Waals surface area contributed by atoms with Crippen LogP contribution in [0.25, 0.3) is 0 Å². The first kappa shape index (κ1) is 13.5. The zero-order valence-electron chi connectivity index (χ0n) is 11.6. The van der Waals surface area contributed by atoms with Gasteiger partial charge in [0.2, 0.25) is 11.8 Å². The van der Waals surface area contributed by atoms with Crippen LogP contribution in [0.5, 0.6) is 0 Å². The molecule has 0 fully saturated rings. The summed E-state index contributed by atoms with van der Waals surface area (Å²) in [7, 11) is 3.69. The van der Waals surface area contributed by atoms with E-state index in [0.717, 1.165) is 29.9 Å². The third-order valence-corrected chi connectivity index (χ3v) is 3.10. The van der Waals surface area contributed by atoms with Crippen molar-refractivity contribution in [3.8, 4) is 0 Å². The number of nitrogens with one attached hydrogen (secondary N) is 1. The molecule has 0 radical (unpaired) electrons. The van der Waals surface area contributed by atoms with Crippen molar-refractivity contribution in [2.24, 2.45) is 0 Å². The zero-order chi connectivity index (χ0) is 14.0. The van der Waals surface area contributed by atoms with Crippen LogP contribution in [0.4, 0.5) is 11.4 Å². The number of hydrogen-bond acceptors (Lipinski definition) is 3. The van der Waals surface area contributed by atoms with E-state index in [9.17, 15) is 9.59 Å². The molecular weight excluding hydrogens is 242 g/mol. The van der Waals surface area contributed by atoms with Crippen molar-refractivity contribution in [2.75, 3.05) is 37.4 Å². The molecule has 5 nitrogen and oxygen atoms in total. The Balaban J connectivity index is 0.00000200. The van der Waals surface area contributed by atoms with E-state index in [2.05, 4.69) is 5.32 Å². The molecule has 1 N–H and O–H groups in total. The minimum Gasteiger partial charge on any atom is -0.325 e. The van der Waals surface area contributed by atoms with E-state index >= 15 is 0 Å². The standard InChI is InChI=1S/C14H19N3O2.H2/c1-10(18)17-7-6-11-4-5-12(8-13(11)17)15-14(19)9-16(2)3;/h4-5,8H,6-7,9H2,1-3H3,(H,15,19);1H. The van der Waals surface area contributed by atoms with Crippen molar-refractivity contribution in [1.29, 1.82) is 0 Å². The van der Waals surface area contributed by atoms with E-state index in [1.807, 2.05) is 37.2 Å². The maximum absolute atomic E-state index is 11.7. The van der Waals surface area contributed by atoms with Gasteiger partial charge in [-0.15, -0.1) is 0 Å². The minimum atomic E-state index is -0.0580. The molecule has 0 atom stereocenters. The van der Waals surface area contributed by atoms with Gasteiger partial charge in [-0.05, 0) is 38.2 Å². The van der Waals surface area contributed by atoms with Crippen molar-refractivity contribution >= 4 is 23.2 Å². The Morgan fingerprint density at radius 2 is 2.16 bits per heavy atom. The molecule has 5 heteroatoms. The number of anilines is 2. The topological polar surface area (TPSA) is 52.7 Å². The molecule has 0 aromatic heterocycles. The average molecular weight is 263 g/mol. The second kappa shape index (κ2) is 5.40. The van der Waals surface area contributed by atoms with Crippen LogP contribution in [0.1, 0.15) is 13.9 Å². The summed E-state index contributed by atoms with van der Waals surface area (Å²) in [5, 5.41) is 2.84. The van der Waals surface area contributed by atoms with Gasteiger partial charge in [0, 0.05) is 26.3 Å². The largest absolute Gasteiger partial charge is 0.325 e. The van der Waals surface area contributed by atoms with E-state index in [1.165, 1.54) is 0 Å². The highest BCUT2D eigenvalue weighted by Gasteiger charge is 2.22. The summed E-state index contributed by atoms with van der Waals surface area (Å²) in [6.45, 7) is 2.62. The third kappa shape index (κ3) is 3.12. The van der Waals surface area contributed by atoms with Gasteiger partial charge >= 0.3 is 0 Å². The van der Waals surface area contributed by atoms with Crippen molar-refractivity contribution in [3.05, 3.63) is 23.8 Å². The summed E-state index contributed by atoms with van der Waals surface area (Å²) in [6.07, 6.45) is 0.876. The summed E-state index contributed by atoms with van der Waals surface area (Å²) in [5.74, 6) is -0.0205. The van der Waals surface area contributed by atoms with Gasteiger partial charge in [0.25, 0.3) is 0 Å². The number of amides is 2. The lowest BCUT2D eigenvalue weighted by molar-refractivity contribution is -0.117. The number of rotatable bonds is 3. The van der Waals surface area contributed by atoms with Crippen LogP contribution in [0.2, 0.25) is 0 Å². The van der Waals surface area contributed by atoms with Gasteiger partial charge in [-0.25, -0.2) is 0 Å². The third-order valence-electron chi connectivity index (χ3n) is 3.10. The number of benzene rings is 1. The van der Waals surface area contributed by atoms with Gasteiger partial charge in [0.1, 0.15) is 0 Å². The smallest absolute Gasteiger partial charge is 0.238 e. The van der Waals surface area contributed by atoms with Crippen molar-refractivity contribution < 1.29 is 11.0 Å². The fraction of sp³-hybridized carbons (Fsp3) is 0.429. The summed E-state index contributed by atoms with van der Waals surface area (Å²) in [4.78, 5) is 26.8. The first-order chi connectivity index (χ1) is 8.97. The van der Waals surface area contributed by atoms with Gasteiger partial charge in [-0.2, -0.15) is 0 Å². The van der Waals surface area contributed by atoms with Crippen LogP contribution in [0.15, 0.2) is 18.2 Å². The number of hydrogen-bond donors (Lipinski definition) is 1. The molecule has 19 heavy (non-hydrogen) atoms. The van der Waals surface area contributed by atoms with Crippen LogP contribution >= 0.6 is 0 Å². The first-order valence-corrected chi connectivity index (χ1v) is 6.33. The molecule has 0 aliphatic carbocycles. The molecule has 0 saturated carbocycles. The fourth-order valence-electron chi connectivity index (χ4n) is 2.27. The number of nitrogens with zero attached hydrogens (tertiary/aromatic N) is 2. The van der Waals surface area contributed by atoms with Crippen LogP contribution in [0.3, 0.4) is 0 Å². The van der Waals surface area contributed by atoms with Crippen LogP contribution in [-0.2, 0) is 16.0 Å². The maximum atomic E-state index is 11.7. The van der Waals surface area contributed by atoms with E-state index < -0.39 is 0 Å². The van der Waals surface area contributed by atoms with Gasteiger partial charge in [0.15, 0.2) is 0 Å². The molecule has 1 aromatic rings. The van der Waals surface area contributed by atoms with Gasteiger partial charge < -0.3 is 15.1 Å². The monoisotopic (exact) mass is 263 g/mol. The van der Waals surface area contributed by atoms with Gasteiger partial charge in [-0.1, -0.05) is 6.07 Å². The number of carbonyl (C=O) groups excluding carboxylic acids is 2. The van der Waals surface area contributed by atoms with E-state index in [0.29, 0.717) is 6.54 Å². The normalized spacial score (nSPS) is 13.6. The van der Waals surface area contributed by atoms with Crippen molar-refractivity contribution in [2.45, 2.75) is 13.3 Å². The molecule has 1 aromatic carbocycles. The Morgan fingerprint density at radius 1 is 1.42 bits per heavy atom. The summed E-state index contributed by atoms with van der Waals surface area (Å²) in [6, 6.07) is 5.73. The highest BCUT2D eigenvalue weighted by Crippen LogP contribution is 2.30. The van der Waals surface area contributed by atoms with Crippen LogP contribution < -0.4 is 10.2 Å². The fourth-order valence-corrected chi connectivity index (χ4v) is 2.27. The Hall–Kier alpha value is -1.88. The lowest BCUT2D eigenvalue weighted by Crippen LogP contribution is -2.27. The Kier molecular flexibility index (Phi) is 3.85. The predicted octanol–water partition coefficient (Wildman–Crippen LogP) is 1.34. The van der Waals surface area contributed by atoms with E-state index in [1.54, 1.807) is 11.8 Å². The SMILES string of the molecule is CC(=O)N1CCc2ccc(NC(=O)CN(C)C)cc21.[HH]. The number of likely N-dealkylation sites (N-methyl/N-ethyl adjacent to an activating group) is 1. The molecule has 104 valence electrons. The molecule has 0 bridgehead atoms. The lowest BCUT2D eigenvalue weighted by atomic mass is 10.1. The lowest BCUT2D eigenvalue weighted by Gasteiger charge is -2.16. The Labute approximate surface area is 114 Å². The summed E-state index contributed by atoms with van der Waals surface area (Å²) in [5.41, 5.74) is 2.80. The molecule has 2 rings (SSSR count). The van der Waals surface area contributed by atoms with E-state index in [-0.39, 0.29) is 13.2 Å². The zero-order valence-corrected chi connectivity index (χ0v) is 11.6. The van der Waals surface area contributed by atoms with Crippen molar-refractivity contribution in [1.82, 2.24) is 4.90 Å². The highest BCUT2D eigenvalue weighted by atomic mass is 16.2. The first-order valence-electron chi connectivity index (χ1n) is 6.33. The second-order valence-corrected chi connectivity index (χ2v) is 5.05. The minimum absolute atomic E-state index is 0. The average Bonchev–Trinajstić information content (AvgIpc) is 2.70. The Bertz CT molecular complexity index is 517. The molecule has 0 unspecified atom stereocenters. The molecule has 1 heterocycles. The van der Waals surface area contributed by atoms with Crippen LogP contribution in [0, 0.1) is 0 Å². The molecule has 0 saturated heterocycles. The van der Waals surface area contributed by atoms with Gasteiger partial charge in [-0.3, -0.25) is 9.59 Å². The van der Waals surface area contributed by atoms with Crippen LogP contribution in [-0.4, -0.2) is 43.9 Å². The van der Waals surface area contributed by atoms with Crippen molar-refractivity contribution in [3.63, 3.8) is 0 Å². The number of fused-ring (bicyclic) bond motifs is 1. The molecule has 1 aliphatic rings. The van der Waals surface area contributed by atoms with E-state index in [4.69, 9.17) is 0 Å². The molecule has 1 aliphatic heterocycles. The van der Waals surface area contributed by atoms with Gasteiger partial charge in [0.05, 0.1) is 6.54 Å². The quantitative estimate of drug-likeness (QED) is 0.895. The highest BCUT2D eigenvalue weighted by molar-refractivity contribution is 5.96. The second-order valence-electron chi connectivity index (χ2n) is 5.05. The molecule has 2 amide bonds. The molecule has 0 spiro atoms. The predicted molar refractivity (Wildman–Crippen MR) is 77.5 cm³/mol. The summed E-state index contributed by atoms with van der Waals surface area (Å²) < 4.78 is 0. The summed E-state index contributed by atoms with van der Waals surface area (Å²) >= 11 is 0.